The minimum absolute atomic E-state index is 0.172. The molecular weight excluding hydrogens is 400 g/mol. The predicted molar refractivity (Wildman–Crippen MR) is 118 cm³/mol. The minimum Gasteiger partial charge on any atom is -0.379 e. The number of ether oxygens (including phenoxy) is 1. The van der Waals surface area contributed by atoms with Crippen LogP contribution in [0, 0.1) is 0 Å². The smallest absolute Gasteiger partial charge is 0.244 e. The van der Waals surface area contributed by atoms with Crippen LogP contribution in [0.15, 0.2) is 65.6 Å². The molecule has 6 nitrogen and oxygen atoms in total. The molecule has 7 heteroatoms. The highest BCUT2D eigenvalue weighted by Crippen LogP contribution is 2.19. The molecule has 0 aromatic heterocycles. The first-order chi connectivity index (χ1) is 14.5. The Morgan fingerprint density at radius 3 is 2.40 bits per heavy atom. The monoisotopic (exact) mass is 428 g/mol. The van der Waals surface area contributed by atoms with Crippen molar-refractivity contribution < 1.29 is 17.9 Å². The van der Waals surface area contributed by atoms with Crippen LogP contribution in [0.25, 0.3) is 6.08 Å². The molecule has 1 aliphatic heterocycles. The fourth-order valence-electron chi connectivity index (χ4n) is 3.36. The van der Waals surface area contributed by atoms with Crippen molar-refractivity contribution in [2.75, 3.05) is 32.8 Å². The summed E-state index contributed by atoms with van der Waals surface area (Å²) in [5, 5.41) is 2.94. The molecule has 1 heterocycles. The average molecular weight is 429 g/mol. The summed E-state index contributed by atoms with van der Waals surface area (Å²) < 4.78 is 31.9. The van der Waals surface area contributed by atoms with Gasteiger partial charge in [-0.2, -0.15) is 4.31 Å². The molecular formula is C23H28N2O4S. The number of benzene rings is 2. The van der Waals surface area contributed by atoms with Crippen molar-refractivity contribution in [3.8, 4) is 0 Å². The van der Waals surface area contributed by atoms with Gasteiger partial charge in [0.15, 0.2) is 0 Å². The number of hydrogen-bond acceptors (Lipinski definition) is 4. The van der Waals surface area contributed by atoms with Crippen LogP contribution in [0.2, 0.25) is 0 Å². The lowest BCUT2D eigenvalue weighted by Gasteiger charge is -2.26. The quantitative estimate of drug-likeness (QED) is 0.656. The molecule has 1 fully saturated rings. The molecule has 0 spiro atoms. The van der Waals surface area contributed by atoms with Crippen LogP contribution >= 0.6 is 0 Å². The summed E-state index contributed by atoms with van der Waals surface area (Å²) in [7, 11) is -3.51. The molecule has 0 aliphatic carbocycles. The number of sulfonamides is 1. The van der Waals surface area contributed by atoms with Gasteiger partial charge in [0, 0.05) is 31.6 Å². The number of rotatable bonds is 8. The summed E-state index contributed by atoms with van der Waals surface area (Å²) >= 11 is 0. The van der Waals surface area contributed by atoms with E-state index in [1.807, 2.05) is 18.2 Å². The lowest BCUT2D eigenvalue weighted by atomic mass is 9.96. The van der Waals surface area contributed by atoms with Gasteiger partial charge < -0.3 is 10.1 Å². The maximum Gasteiger partial charge on any atom is 0.244 e. The number of nitrogens with one attached hydrogen (secondary N) is 1. The molecule has 1 aliphatic rings. The van der Waals surface area contributed by atoms with E-state index in [0.717, 1.165) is 12.0 Å². The normalized spacial score (nSPS) is 16.4. The summed E-state index contributed by atoms with van der Waals surface area (Å²) in [6.45, 7) is 4.24. The second-order valence-corrected chi connectivity index (χ2v) is 9.12. The second kappa shape index (κ2) is 10.5. The number of hydrogen-bond donors (Lipinski definition) is 1. The zero-order valence-electron chi connectivity index (χ0n) is 17.2. The van der Waals surface area contributed by atoms with Crippen LogP contribution in [0.4, 0.5) is 0 Å². The van der Waals surface area contributed by atoms with Gasteiger partial charge in [-0.15, -0.1) is 0 Å². The molecule has 1 amide bonds. The Morgan fingerprint density at radius 1 is 1.10 bits per heavy atom. The first-order valence-electron chi connectivity index (χ1n) is 10.2. The van der Waals surface area contributed by atoms with Gasteiger partial charge in [0.05, 0.1) is 18.1 Å². The highest BCUT2D eigenvalue weighted by atomic mass is 32.2. The summed E-state index contributed by atoms with van der Waals surface area (Å²) in [5.41, 5.74) is 1.97. The van der Waals surface area contributed by atoms with Gasteiger partial charge in [-0.05, 0) is 35.8 Å². The SMILES string of the molecule is CCC(CNC(=O)/C=C/c1ccc(S(=O)(=O)N2CCOCC2)cc1)c1ccccc1. The maximum absolute atomic E-state index is 12.6. The van der Waals surface area contributed by atoms with Crippen molar-refractivity contribution in [1.82, 2.24) is 9.62 Å². The zero-order chi connectivity index (χ0) is 21.4. The zero-order valence-corrected chi connectivity index (χ0v) is 18.0. The molecule has 2 aromatic rings. The number of carbonyl (C=O) groups is 1. The fourth-order valence-corrected chi connectivity index (χ4v) is 4.77. The van der Waals surface area contributed by atoms with Crippen LogP contribution in [-0.4, -0.2) is 51.5 Å². The third kappa shape index (κ3) is 5.78. The van der Waals surface area contributed by atoms with Crippen molar-refractivity contribution in [1.29, 1.82) is 0 Å². The Kier molecular flexibility index (Phi) is 7.79. The summed E-state index contributed by atoms with van der Waals surface area (Å²) in [6.07, 6.45) is 4.10. The van der Waals surface area contributed by atoms with E-state index in [1.54, 1.807) is 30.3 Å². The van der Waals surface area contributed by atoms with Gasteiger partial charge in [0.25, 0.3) is 0 Å². The highest BCUT2D eigenvalue weighted by molar-refractivity contribution is 7.89. The molecule has 0 saturated carbocycles. The van der Waals surface area contributed by atoms with Gasteiger partial charge in [-0.3, -0.25) is 4.79 Å². The average Bonchev–Trinajstić information content (AvgIpc) is 2.79. The molecule has 3 rings (SSSR count). The first kappa shape index (κ1) is 22.2. The second-order valence-electron chi connectivity index (χ2n) is 7.18. The molecule has 1 unspecified atom stereocenters. The number of carbonyl (C=O) groups excluding carboxylic acids is 1. The molecule has 1 saturated heterocycles. The minimum atomic E-state index is -3.51. The fraction of sp³-hybridized carbons (Fsp3) is 0.348. The van der Waals surface area contributed by atoms with E-state index in [-0.39, 0.29) is 16.7 Å². The van der Waals surface area contributed by atoms with Crippen molar-refractivity contribution in [2.24, 2.45) is 0 Å². The van der Waals surface area contributed by atoms with E-state index in [0.29, 0.717) is 32.8 Å². The Morgan fingerprint density at radius 2 is 1.77 bits per heavy atom. The Balaban J connectivity index is 1.56. The van der Waals surface area contributed by atoms with Gasteiger partial charge >= 0.3 is 0 Å². The topological polar surface area (TPSA) is 75.7 Å². The summed E-state index contributed by atoms with van der Waals surface area (Å²) in [4.78, 5) is 12.4. The lowest BCUT2D eigenvalue weighted by molar-refractivity contribution is -0.116. The Hall–Kier alpha value is -2.48. The van der Waals surface area contributed by atoms with Crippen molar-refractivity contribution in [3.05, 3.63) is 71.8 Å². The van der Waals surface area contributed by atoms with Gasteiger partial charge in [0.2, 0.25) is 15.9 Å². The lowest BCUT2D eigenvalue weighted by Crippen LogP contribution is -2.40. The number of nitrogens with zero attached hydrogens (tertiary/aromatic N) is 1. The highest BCUT2D eigenvalue weighted by Gasteiger charge is 2.25. The van der Waals surface area contributed by atoms with Crippen LogP contribution in [0.5, 0.6) is 0 Å². The summed E-state index contributed by atoms with van der Waals surface area (Å²) in [6, 6.07) is 16.7. The molecule has 0 radical (unpaired) electrons. The third-order valence-corrected chi connectivity index (χ3v) is 7.11. The molecule has 0 bridgehead atoms. The van der Waals surface area contributed by atoms with E-state index in [2.05, 4.69) is 24.4 Å². The van der Waals surface area contributed by atoms with Crippen LogP contribution in [0.1, 0.15) is 30.4 Å². The Bertz CT molecular complexity index is 950. The third-order valence-electron chi connectivity index (χ3n) is 5.20. The molecule has 30 heavy (non-hydrogen) atoms. The van der Waals surface area contributed by atoms with E-state index >= 15 is 0 Å². The van der Waals surface area contributed by atoms with Crippen molar-refractivity contribution in [2.45, 2.75) is 24.2 Å². The largest absolute Gasteiger partial charge is 0.379 e. The Labute approximate surface area is 178 Å². The van der Waals surface area contributed by atoms with Crippen LogP contribution < -0.4 is 5.32 Å². The molecule has 1 N–H and O–H groups in total. The van der Waals surface area contributed by atoms with Gasteiger partial charge in [0.1, 0.15) is 0 Å². The van der Waals surface area contributed by atoms with Crippen molar-refractivity contribution in [3.63, 3.8) is 0 Å². The standard InChI is InChI=1S/C23H28N2O4S/c1-2-20(21-6-4-3-5-7-21)18-24-23(26)13-10-19-8-11-22(12-9-19)30(27,28)25-14-16-29-17-15-25/h3-13,20H,2,14-18H2,1H3,(H,24,26)/b13-10+. The van der Waals surface area contributed by atoms with Crippen LogP contribution in [-0.2, 0) is 19.6 Å². The molecule has 160 valence electrons. The van der Waals surface area contributed by atoms with E-state index in [4.69, 9.17) is 4.74 Å². The number of amides is 1. The van der Waals surface area contributed by atoms with E-state index in [1.165, 1.54) is 15.9 Å². The molecule has 1 atom stereocenters. The van der Waals surface area contributed by atoms with Gasteiger partial charge in [-0.25, -0.2) is 8.42 Å². The molecule has 2 aromatic carbocycles. The summed E-state index contributed by atoms with van der Waals surface area (Å²) in [5.74, 6) is 0.0997. The maximum atomic E-state index is 12.6. The van der Waals surface area contributed by atoms with Crippen LogP contribution in [0.3, 0.4) is 0 Å². The van der Waals surface area contributed by atoms with Crippen molar-refractivity contribution >= 4 is 22.0 Å². The van der Waals surface area contributed by atoms with E-state index < -0.39 is 10.0 Å². The number of morpholine rings is 1. The van der Waals surface area contributed by atoms with Gasteiger partial charge in [-0.1, -0.05) is 49.4 Å². The predicted octanol–water partition coefficient (Wildman–Crippen LogP) is 3.03. The van der Waals surface area contributed by atoms with E-state index in [9.17, 15) is 13.2 Å². The first-order valence-corrected chi connectivity index (χ1v) is 11.6.